The number of anilines is 1. The smallest absolute Gasteiger partial charge is 0.243 e. The van der Waals surface area contributed by atoms with Crippen molar-refractivity contribution in [3.8, 4) is 0 Å². The van der Waals surface area contributed by atoms with Gasteiger partial charge < -0.3 is 16.0 Å². The molecule has 1 aliphatic rings. The van der Waals surface area contributed by atoms with Crippen LogP contribution < -0.4 is 11.1 Å². The van der Waals surface area contributed by atoms with E-state index in [1.165, 1.54) is 0 Å². The number of rotatable bonds is 8. The number of para-hydroxylation sites is 1. The van der Waals surface area contributed by atoms with E-state index >= 15 is 0 Å². The Morgan fingerprint density at radius 2 is 1.56 bits per heavy atom. The number of ketones is 1. The van der Waals surface area contributed by atoms with E-state index in [0.717, 1.165) is 37.3 Å². The van der Waals surface area contributed by atoms with Crippen LogP contribution in [0.2, 0.25) is 0 Å². The molecular formula is C22H27N3O2. The number of Topliss-reactive ketones (excluding diaryl/α,β-unsaturated/α-hetero) is 1. The quantitative estimate of drug-likeness (QED) is 0.705. The predicted molar refractivity (Wildman–Crippen MR) is 108 cm³/mol. The summed E-state index contributed by atoms with van der Waals surface area (Å²) in [5.74, 6) is -0.116. The number of likely N-dealkylation sites (tertiary alicyclic amines) is 1. The van der Waals surface area contributed by atoms with Crippen LogP contribution in [0.5, 0.6) is 0 Å². The molecule has 0 bridgehead atoms. The Hall–Kier alpha value is -2.66. The lowest BCUT2D eigenvalue weighted by atomic mass is 9.86. The molecule has 1 aliphatic heterocycles. The number of carbonyl (C=O) groups excluding carboxylic acids is 2. The van der Waals surface area contributed by atoms with Gasteiger partial charge in [0.15, 0.2) is 5.78 Å². The molecule has 27 heavy (non-hydrogen) atoms. The second-order valence-corrected chi connectivity index (χ2v) is 7.17. The minimum Gasteiger partial charge on any atom is -0.371 e. The molecule has 0 spiro atoms. The average Bonchev–Trinajstić information content (AvgIpc) is 2.70. The minimum atomic E-state index is -0.697. The number of nitrogens with two attached hydrogens (primary N) is 1. The third kappa shape index (κ3) is 4.95. The summed E-state index contributed by atoms with van der Waals surface area (Å²) in [6, 6.07) is 19.1. The zero-order valence-electron chi connectivity index (χ0n) is 15.6. The maximum atomic E-state index is 12.2. The Balaban J connectivity index is 1.48. The van der Waals surface area contributed by atoms with Gasteiger partial charge in [-0.25, -0.2) is 0 Å². The number of nitrogens with zero attached hydrogens (tertiary/aromatic N) is 1. The predicted octanol–water partition coefficient (Wildman–Crippen LogP) is 3.08. The van der Waals surface area contributed by atoms with Crippen LogP contribution in [0, 0.1) is 0 Å². The number of amides is 1. The maximum absolute atomic E-state index is 12.2. The number of nitrogens with one attached hydrogen (secondary N) is 1. The Kier molecular flexibility index (Phi) is 6.24. The number of piperidine rings is 1. The lowest BCUT2D eigenvalue weighted by Gasteiger charge is -2.40. The van der Waals surface area contributed by atoms with E-state index in [4.69, 9.17) is 5.73 Å². The molecule has 142 valence electrons. The molecule has 0 radical (unpaired) electrons. The van der Waals surface area contributed by atoms with Crippen molar-refractivity contribution in [3.05, 3.63) is 66.2 Å². The molecule has 1 amide bonds. The molecule has 1 heterocycles. The highest BCUT2D eigenvalue weighted by Crippen LogP contribution is 2.27. The second kappa shape index (κ2) is 8.82. The number of hydrogen-bond donors (Lipinski definition) is 2. The van der Waals surface area contributed by atoms with E-state index in [1.54, 1.807) is 0 Å². The summed E-state index contributed by atoms with van der Waals surface area (Å²) in [5.41, 5.74) is 6.73. The van der Waals surface area contributed by atoms with Crippen molar-refractivity contribution in [2.45, 2.75) is 31.2 Å². The standard InChI is InChI=1S/C22H27N3O2/c23-21(27)22(24-19-10-5-2-6-11-19)13-16-25(17-14-22)15-7-12-20(26)18-8-3-1-4-9-18/h1-6,8-11,24H,7,12-17H2,(H2,23,27). The van der Waals surface area contributed by atoms with Crippen molar-refractivity contribution >= 4 is 17.4 Å². The molecule has 5 nitrogen and oxygen atoms in total. The van der Waals surface area contributed by atoms with Crippen LogP contribution in [0.25, 0.3) is 0 Å². The molecule has 0 saturated carbocycles. The summed E-state index contributed by atoms with van der Waals surface area (Å²) in [4.78, 5) is 26.6. The van der Waals surface area contributed by atoms with Crippen LogP contribution in [0.15, 0.2) is 60.7 Å². The van der Waals surface area contributed by atoms with Gasteiger partial charge in [-0.15, -0.1) is 0 Å². The maximum Gasteiger partial charge on any atom is 0.243 e. The van der Waals surface area contributed by atoms with Crippen LogP contribution in [-0.2, 0) is 4.79 Å². The fraction of sp³-hybridized carbons (Fsp3) is 0.364. The highest BCUT2D eigenvalue weighted by molar-refractivity contribution is 5.95. The molecule has 1 fully saturated rings. The third-order valence-corrected chi connectivity index (χ3v) is 5.31. The van der Waals surface area contributed by atoms with E-state index in [-0.39, 0.29) is 11.7 Å². The number of hydrogen-bond acceptors (Lipinski definition) is 4. The van der Waals surface area contributed by atoms with Gasteiger partial charge in [-0.1, -0.05) is 48.5 Å². The van der Waals surface area contributed by atoms with Gasteiger partial charge in [0.25, 0.3) is 0 Å². The van der Waals surface area contributed by atoms with Gasteiger partial charge in [0.2, 0.25) is 5.91 Å². The van der Waals surface area contributed by atoms with Crippen LogP contribution >= 0.6 is 0 Å². The average molecular weight is 365 g/mol. The summed E-state index contributed by atoms with van der Waals surface area (Å²) < 4.78 is 0. The van der Waals surface area contributed by atoms with Crippen LogP contribution in [-0.4, -0.2) is 41.8 Å². The Morgan fingerprint density at radius 1 is 0.963 bits per heavy atom. The zero-order chi connectivity index (χ0) is 19.1. The Morgan fingerprint density at radius 3 is 2.15 bits per heavy atom. The van der Waals surface area contributed by atoms with Gasteiger partial charge in [-0.2, -0.15) is 0 Å². The molecular weight excluding hydrogens is 338 g/mol. The summed E-state index contributed by atoms with van der Waals surface area (Å²) in [5, 5.41) is 3.35. The molecule has 3 N–H and O–H groups in total. The highest BCUT2D eigenvalue weighted by atomic mass is 16.1. The minimum absolute atomic E-state index is 0.185. The van der Waals surface area contributed by atoms with E-state index in [9.17, 15) is 9.59 Å². The lowest BCUT2D eigenvalue weighted by molar-refractivity contribution is -0.123. The van der Waals surface area contributed by atoms with E-state index in [0.29, 0.717) is 19.3 Å². The molecule has 2 aromatic carbocycles. The SMILES string of the molecule is NC(=O)C1(Nc2ccccc2)CCN(CCCC(=O)c2ccccc2)CC1. The highest BCUT2D eigenvalue weighted by Gasteiger charge is 2.39. The number of carbonyl (C=O) groups is 2. The first-order chi connectivity index (χ1) is 13.1. The Labute approximate surface area is 160 Å². The van der Waals surface area contributed by atoms with Crippen LogP contribution in [0.1, 0.15) is 36.0 Å². The van der Waals surface area contributed by atoms with Crippen molar-refractivity contribution in [1.29, 1.82) is 0 Å². The summed E-state index contributed by atoms with van der Waals surface area (Å²) in [6.45, 7) is 2.45. The Bertz CT molecular complexity index is 754. The monoisotopic (exact) mass is 365 g/mol. The molecule has 0 aromatic heterocycles. The van der Waals surface area contributed by atoms with E-state index < -0.39 is 5.54 Å². The fourth-order valence-electron chi connectivity index (χ4n) is 3.62. The first-order valence-corrected chi connectivity index (χ1v) is 9.53. The van der Waals surface area contributed by atoms with Crippen molar-refractivity contribution in [1.82, 2.24) is 4.90 Å². The summed E-state index contributed by atoms with van der Waals surface area (Å²) in [7, 11) is 0. The normalized spacial score (nSPS) is 16.6. The molecule has 0 atom stereocenters. The third-order valence-electron chi connectivity index (χ3n) is 5.31. The molecule has 3 rings (SSSR count). The van der Waals surface area contributed by atoms with Gasteiger partial charge in [0, 0.05) is 30.8 Å². The van der Waals surface area contributed by atoms with Gasteiger partial charge in [0.1, 0.15) is 5.54 Å². The molecule has 0 unspecified atom stereocenters. The van der Waals surface area contributed by atoms with Crippen molar-refractivity contribution in [2.24, 2.45) is 5.73 Å². The van der Waals surface area contributed by atoms with Crippen molar-refractivity contribution in [2.75, 3.05) is 25.0 Å². The molecule has 2 aromatic rings. The van der Waals surface area contributed by atoms with Gasteiger partial charge in [-0.3, -0.25) is 9.59 Å². The zero-order valence-corrected chi connectivity index (χ0v) is 15.6. The molecule has 1 saturated heterocycles. The first-order valence-electron chi connectivity index (χ1n) is 9.53. The second-order valence-electron chi connectivity index (χ2n) is 7.17. The van der Waals surface area contributed by atoms with E-state index in [1.807, 2.05) is 60.7 Å². The largest absolute Gasteiger partial charge is 0.371 e. The van der Waals surface area contributed by atoms with E-state index in [2.05, 4.69) is 10.2 Å². The molecule has 5 heteroatoms. The van der Waals surface area contributed by atoms with Gasteiger partial charge >= 0.3 is 0 Å². The first kappa shape index (κ1) is 19.1. The number of benzene rings is 2. The van der Waals surface area contributed by atoms with Crippen molar-refractivity contribution in [3.63, 3.8) is 0 Å². The van der Waals surface area contributed by atoms with Crippen LogP contribution in [0.3, 0.4) is 0 Å². The lowest BCUT2D eigenvalue weighted by Crippen LogP contribution is -2.57. The van der Waals surface area contributed by atoms with Crippen molar-refractivity contribution < 1.29 is 9.59 Å². The molecule has 0 aliphatic carbocycles. The number of primary amides is 1. The fourth-order valence-corrected chi connectivity index (χ4v) is 3.62. The topological polar surface area (TPSA) is 75.4 Å². The van der Waals surface area contributed by atoms with Gasteiger partial charge in [-0.05, 0) is 37.9 Å². The van der Waals surface area contributed by atoms with Gasteiger partial charge in [0.05, 0.1) is 0 Å². The summed E-state index contributed by atoms with van der Waals surface area (Å²) in [6.07, 6.45) is 2.71. The summed E-state index contributed by atoms with van der Waals surface area (Å²) >= 11 is 0. The van der Waals surface area contributed by atoms with Crippen LogP contribution in [0.4, 0.5) is 5.69 Å².